The van der Waals surface area contributed by atoms with Crippen LogP contribution in [-0.4, -0.2) is 53.7 Å². The van der Waals surface area contributed by atoms with Crippen LogP contribution in [0.25, 0.3) is 0 Å². The smallest absolute Gasteiger partial charge is 0.318 e. The lowest BCUT2D eigenvalue weighted by molar-refractivity contribution is -0.394. The minimum Gasteiger partial charge on any atom is -0.493 e. The van der Waals surface area contributed by atoms with Crippen LogP contribution in [0.1, 0.15) is 76.8 Å². The first-order valence-electron chi connectivity index (χ1n) is 16.3. The van der Waals surface area contributed by atoms with Crippen LogP contribution in [0.15, 0.2) is 65.5 Å². The average Bonchev–Trinajstić information content (AvgIpc) is 3.01. The molecule has 0 saturated heterocycles. The van der Waals surface area contributed by atoms with E-state index in [1.165, 1.54) is 13.2 Å². The molecule has 0 spiro atoms. The molecule has 0 atom stereocenters. The van der Waals surface area contributed by atoms with Crippen molar-refractivity contribution in [2.45, 2.75) is 72.1 Å². The van der Waals surface area contributed by atoms with Crippen molar-refractivity contribution in [2.24, 2.45) is 10.8 Å². The highest BCUT2D eigenvalue weighted by Crippen LogP contribution is 2.55. The fourth-order valence-electron chi connectivity index (χ4n) is 7.40. The number of allylic oxidation sites excluding steroid dienone is 5. The van der Waals surface area contributed by atoms with E-state index in [9.17, 15) is 29.8 Å². The third kappa shape index (κ3) is 7.01. The molecule has 0 fully saturated rings. The van der Waals surface area contributed by atoms with Crippen LogP contribution in [0.4, 0.5) is 11.4 Å². The van der Waals surface area contributed by atoms with E-state index >= 15 is 0 Å². The van der Waals surface area contributed by atoms with Gasteiger partial charge >= 0.3 is 5.69 Å². The molecule has 1 aliphatic heterocycles. The van der Waals surface area contributed by atoms with E-state index in [0.717, 1.165) is 29.9 Å². The SMILES string of the molecule is C=CCc1cc(C2C3=C(CC(C)(C)CC3=O)N(CCCOC)C3=C2C(=O)CC(C)(C)C3)cc(OC)c1Oc1ccc([N+](=O)[O-])cc1[N+](=O)[O-]. The van der Waals surface area contributed by atoms with E-state index in [1.807, 2.05) is 6.07 Å². The number of nitro benzene ring substituents is 2. The van der Waals surface area contributed by atoms with Crippen LogP contribution >= 0.6 is 0 Å². The normalized spacial score (nSPS) is 18.6. The van der Waals surface area contributed by atoms with Gasteiger partial charge in [0.25, 0.3) is 5.69 Å². The minimum absolute atomic E-state index is 0.0109. The maximum Gasteiger partial charge on any atom is 0.318 e. The highest BCUT2D eigenvalue weighted by molar-refractivity contribution is 6.07. The molecule has 2 aliphatic carbocycles. The zero-order chi connectivity index (χ0) is 35.8. The van der Waals surface area contributed by atoms with Crippen molar-refractivity contribution < 1.29 is 33.6 Å². The number of Topliss-reactive ketones (excluding diaryl/α,β-unsaturated/α-hetero) is 2. The van der Waals surface area contributed by atoms with Gasteiger partial charge in [0, 0.05) is 73.2 Å². The number of ketones is 2. The summed E-state index contributed by atoms with van der Waals surface area (Å²) in [6, 6.07) is 6.72. The van der Waals surface area contributed by atoms with E-state index in [-0.39, 0.29) is 46.1 Å². The number of methoxy groups -OCH3 is 2. The highest BCUT2D eigenvalue weighted by Gasteiger charge is 2.49. The Balaban J connectivity index is 1.73. The van der Waals surface area contributed by atoms with Gasteiger partial charge in [-0.05, 0) is 54.2 Å². The molecule has 0 unspecified atom stereocenters. The minimum atomic E-state index is -0.745. The molecule has 1 heterocycles. The van der Waals surface area contributed by atoms with Crippen molar-refractivity contribution in [1.29, 1.82) is 0 Å². The molecule has 12 nitrogen and oxygen atoms in total. The number of rotatable bonds is 12. The van der Waals surface area contributed by atoms with Crippen LogP contribution in [0.5, 0.6) is 17.2 Å². The molecule has 2 aromatic rings. The van der Waals surface area contributed by atoms with Gasteiger partial charge < -0.3 is 19.1 Å². The molecule has 0 N–H and O–H groups in total. The predicted molar refractivity (Wildman–Crippen MR) is 183 cm³/mol. The highest BCUT2D eigenvalue weighted by atomic mass is 16.6. The molecular formula is C37H43N3O9. The molecule has 0 saturated carbocycles. The van der Waals surface area contributed by atoms with Gasteiger partial charge in [-0.2, -0.15) is 0 Å². The first-order valence-corrected chi connectivity index (χ1v) is 16.3. The second-order valence-corrected chi connectivity index (χ2v) is 14.5. The number of carbonyl (C=O) groups is 2. The Bertz CT molecular complexity index is 1750. The number of benzene rings is 2. The number of nitro groups is 2. The largest absolute Gasteiger partial charge is 0.493 e. The first-order chi connectivity index (χ1) is 23.1. The molecule has 3 aliphatic rings. The van der Waals surface area contributed by atoms with Gasteiger partial charge in [0.2, 0.25) is 5.75 Å². The summed E-state index contributed by atoms with van der Waals surface area (Å²) in [6.07, 6.45) is 4.60. The topological polar surface area (TPSA) is 151 Å². The maximum atomic E-state index is 14.2. The number of hydrogen-bond donors (Lipinski definition) is 0. The third-order valence-corrected chi connectivity index (χ3v) is 9.39. The van der Waals surface area contributed by atoms with Gasteiger partial charge in [0.1, 0.15) is 0 Å². The monoisotopic (exact) mass is 673 g/mol. The average molecular weight is 674 g/mol. The van der Waals surface area contributed by atoms with Crippen LogP contribution in [-0.2, 0) is 20.7 Å². The third-order valence-electron chi connectivity index (χ3n) is 9.39. The van der Waals surface area contributed by atoms with Crippen molar-refractivity contribution in [3.8, 4) is 17.2 Å². The lowest BCUT2D eigenvalue weighted by atomic mass is 9.63. The Labute approximate surface area is 285 Å². The zero-order valence-corrected chi connectivity index (χ0v) is 28.9. The van der Waals surface area contributed by atoms with E-state index < -0.39 is 27.1 Å². The molecule has 12 heteroatoms. The van der Waals surface area contributed by atoms with Gasteiger partial charge in [-0.15, -0.1) is 6.58 Å². The summed E-state index contributed by atoms with van der Waals surface area (Å²) in [6.45, 7) is 13.4. The van der Waals surface area contributed by atoms with E-state index in [2.05, 4.69) is 39.2 Å². The lowest BCUT2D eigenvalue weighted by Crippen LogP contribution is -2.44. The van der Waals surface area contributed by atoms with Gasteiger partial charge in [-0.1, -0.05) is 39.8 Å². The predicted octanol–water partition coefficient (Wildman–Crippen LogP) is 7.75. The van der Waals surface area contributed by atoms with E-state index in [0.29, 0.717) is 61.1 Å². The van der Waals surface area contributed by atoms with Crippen molar-refractivity contribution in [2.75, 3.05) is 27.4 Å². The van der Waals surface area contributed by atoms with Crippen LogP contribution in [0, 0.1) is 31.1 Å². The van der Waals surface area contributed by atoms with Gasteiger partial charge in [0.15, 0.2) is 23.1 Å². The lowest BCUT2D eigenvalue weighted by Gasteiger charge is -2.49. The molecular weight excluding hydrogens is 630 g/mol. The summed E-state index contributed by atoms with van der Waals surface area (Å²) >= 11 is 0. The Hall–Kier alpha value is -4.84. The van der Waals surface area contributed by atoms with Crippen molar-refractivity contribution >= 4 is 22.9 Å². The summed E-state index contributed by atoms with van der Waals surface area (Å²) in [4.78, 5) is 52.5. The summed E-state index contributed by atoms with van der Waals surface area (Å²) in [5.41, 5.74) is 2.69. The van der Waals surface area contributed by atoms with E-state index in [4.69, 9.17) is 14.2 Å². The second kappa shape index (κ2) is 13.6. The molecule has 260 valence electrons. The molecule has 0 amide bonds. The number of ether oxygens (including phenoxy) is 3. The van der Waals surface area contributed by atoms with Gasteiger partial charge in [-0.3, -0.25) is 29.8 Å². The Kier molecular flexibility index (Phi) is 9.83. The molecule has 5 rings (SSSR count). The fourth-order valence-corrected chi connectivity index (χ4v) is 7.40. The number of hydrogen-bond acceptors (Lipinski definition) is 10. The molecule has 0 radical (unpaired) electrons. The standard InChI is InChI=1S/C37H43N3O9/c1-8-10-22-15-23(16-31(48-7)35(22)49-30-12-11-24(39(43)44)17-25(30)40(45)46)32-33-26(18-36(2,3)20-28(33)41)38(13-9-14-47-6)27-19-37(4,5)21-29(42)34(27)32/h8,11-12,15-17,32H,1,9-10,13-14,18-21H2,2-7H3. The summed E-state index contributed by atoms with van der Waals surface area (Å²) < 4.78 is 17.3. The molecule has 49 heavy (non-hydrogen) atoms. The first kappa shape index (κ1) is 35.5. The summed E-state index contributed by atoms with van der Waals surface area (Å²) in [5.74, 6) is -0.500. The van der Waals surface area contributed by atoms with Gasteiger partial charge in [-0.25, -0.2) is 0 Å². The Morgan fingerprint density at radius 2 is 1.51 bits per heavy atom. The number of non-ortho nitro benzene ring substituents is 1. The number of carbonyl (C=O) groups excluding carboxylic acids is 2. The summed E-state index contributed by atoms with van der Waals surface area (Å²) in [7, 11) is 3.09. The van der Waals surface area contributed by atoms with Crippen molar-refractivity contribution in [3.63, 3.8) is 0 Å². The zero-order valence-electron chi connectivity index (χ0n) is 28.9. The van der Waals surface area contributed by atoms with Crippen LogP contribution in [0.2, 0.25) is 0 Å². The van der Waals surface area contributed by atoms with Crippen LogP contribution in [0.3, 0.4) is 0 Å². The second-order valence-electron chi connectivity index (χ2n) is 14.5. The molecule has 2 aromatic carbocycles. The fraction of sp³-hybridized carbons (Fsp3) is 0.459. The molecule has 0 aromatic heterocycles. The molecule has 0 bridgehead atoms. The van der Waals surface area contributed by atoms with Gasteiger partial charge in [0.05, 0.1) is 23.0 Å². The maximum absolute atomic E-state index is 14.2. The van der Waals surface area contributed by atoms with Crippen molar-refractivity contribution in [1.82, 2.24) is 4.90 Å². The van der Waals surface area contributed by atoms with Crippen molar-refractivity contribution in [3.05, 3.63) is 96.9 Å². The van der Waals surface area contributed by atoms with Crippen LogP contribution < -0.4 is 9.47 Å². The quantitative estimate of drug-likeness (QED) is 0.0946. The Morgan fingerprint density at radius 1 is 0.898 bits per heavy atom. The number of nitrogens with zero attached hydrogens (tertiary/aromatic N) is 3. The Morgan fingerprint density at radius 3 is 2.02 bits per heavy atom. The summed E-state index contributed by atoms with van der Waals surface area (Å²) in [5, 5.41) is 23.2. The van der Waals surface area contributed by atoms with E-state index in [1.54, 1.807) is 19.3 Å².